The van der Waals surface area contributed by atoms with Crippen molar-refractivity contribution in [2.75, 3.05) is 11.1 Å². The minimum Gasteiger partial charge on any atom is -0.411 e. The molecule has 0 aliphatic heterocycles. The van der Waals surface area contributed by atoms with E-state index in [4.69, 9.17) is 4.42 Å². The first-order chi connectivity index (χ1) is 13.9. The molecular formula is C22H23N3O3S. The van der Waals surface area contributed by atoms with Crippen LogP contribution < -0.4 is 5.32 Å². The van der Waals surface area contributed by atoms with Crippen LogP contribution in [0.5, 0.6) is 0 Å². The first kappa shape index (κ1) is 20.8. The molecule has 3 aromatic rings. The lowest BCUT2D eigenvalue weighted by atomic mass is 10.1. The number of aromatic nitrogens is 2. The second-order valence-corrected chi connectivity index (χ2v) is 8.10. The molecule has 1 N–H and O–H groups in total. The molecule has 29 heavy (non-hydrogen) atoms. The van der Waals surface area contributed by atoms with Gasteiger partial charge in [0.1, 0.15) is 0 Å². The lowest BCUT2D eigenvalue weighted by Crippen LogP contribution is -2.14. The maximum atomic E-state index is 12.4. The number of nitrogens with one attached hydrogen (secondary N) is 1. The van der Waals surface area contributed by atoms with Crippen LogP contribution in [0.1, 0.15) is 36.2 Å². The number of carbonyl (C=O) groups excluding carboxylic acids is 2. The lowest BCUT2D eigenvalue weighted by Gasteiger charge is -2.07. The number of nitrogens with zero attached hydrogens (tertiary/aromatic N) is 2. The molecule has 0 aliphatic carbocycles. The number of aryl methyl sites for hydroxylation is 1. The average Bonchev–Trinajstić information content (AvgIpc) is 3.15. The Bertz CT molecular complexity index is 997. The molecule has 0 aliphatic rings. The molecule has 0 bridgehead atoms. The van der Waals surface area contributed by atoms with Crippen LogP contribution in [0.2, 0.25) is 0 Å². The van der Waals surface area contributed by atoms with Gasteiger partial charge in [-0.2, -0.15) is 0 Å². The number of amides is 1. The van der Waals surface area contributed by atoms with Crippen LogP contribution in [0.15, 0.2) is 58.2 Å². The molecule has 0 saturated carbocycles. The van der Waals surface area contributed by atoms with Crippen LogP contribution in [0.4, 0.5) is 5.69 Å². The van der Waals surface area contributed by atoms with E-state index in [2.05, 4.69) is 15.5 Å². The molecule has 0 atom stereocenters. The summed E-state index contributed by atoms with van der Waals surface area (Å²) in [7, 11) is 0. The highest BCUT2D eigenvalue weighted by Gasteiger charge is 2.13. The Labute approximate surface area is 174 Å². The van der Waals surface area contributed by atoms with Gasteiger partial charge in [-0.25, -0.2) is 0 Å². The summed E-state index contributed by atoms with van der Waals surface area (Å²) in [4.78, 5) is 24.2. The second kappa shape index (κ2) is 9.52. The number of thioether (sulfide) groups is 1. The number of Topliss-reactive ketones (excluding diaryl/α,β-unsaturated/α-hetero) is 1. The molecule has 1 aromatic heterocycles. The van der Waals surface area contributed by atoms with Crippen molar-refractivity contribution in [2.45, 2.75) is 32.4 Å². The highest BCUT2D eigenvalue weighted by atomic mass is 32.2. The number of benzene rings is 2. The summed E-state index contributed by atoms with van der Waals surface area (Å²) < 4.78 is 5.65. The van der Waals surface area contributed by atoms with Gasteiger partial charge in [0, 0.05) is 23.2 Å². The van der Waals surface area contributed by atoms with Gasteiger partial charge in [0.05, 0.1) is 5.75 Å². The zero-order valence-corrected chi connectivity index (χ0v) is 17.5. The molecule has 0 fully saturated rings. The lowest BCUT2D eigenvalue weighted by molar-refractivity contribution is -0.116. The van der Waals surface area contributed by atoms with E-state index in [1.54, 1.807) is 24.3 Å². The molecule has 0 radical (unpaired) electrons. The van der Waals surface area contributed by atoms with Gasteiger partial charge in [-0.05, 0) is 49.2 Å². The van der Waals surface area contributed by atoms with Crippen molar-refractivity contribution in [3.8, 4) is 11.5 Å². The number of hydrogen-bond donors (Lipinski definition) is 1. The van der Waals surface area contributed by atoms with Gasteiger partial charge in [0.25, 0.3) is 5.22 Å². The predicted octanol–water partition coefficient (Wildman–Crippen LogP) is 5.00. The van der Waals surface area contributed by atoms with Gasteiger partial charge in [-0.15, -0.1) is 10.2 Å². The van der Waals surface area contributed by atoms with E-state index in [1.165, 1.54) is 11.8 Å². The Morgan fingerprint density at radius 1 is 1.10 bits per heavy atom. The van der Waals surface area contributed by atoms with Crippen LogP contribution in [0.25, 0.3) is 11.5 Å². The van der Waals surface area contributed by atoms with E-state index < -0.39 is 0 Å². The van der Waals surface area contributed by atoms with Crippen molar-refractivity contribution in [2.24, 2.45) is 5.92 Å². The van der Waals surface area contributed by atoms with Crippen molar-refractivity contribution in [3.63, 3.8) is 0 Å². The number of rotatable bonds is 8. The van der Waals surface area contributed by atoms with E-state index >= 15 is 0 Å². The smallest absolute Gasteiger partial charge is 0.277 e. The predicted molar refractivity (Wildman–Crippen MR) is 114 cm³/mol. The fourth-order valence-electron chi connectivity index (χ4n) is 2.70. The fourth-order valence-corrected chi connectivity index (χ4v) is 3.35. The Morgan fingerprint density at radius 2 is 1.86 bits per heavy atom. The number of carbonyl (C=O) groups is 2. The van der Waals surface area contributed by atoms with Crippen LogP contribution in [-0.2, 0) is 4.79 Å². The molecule has 0 spiro atoms. The molecule has 7 heteroatoms. The van der Waals surface area contributed by atoms with E-state index in [0.717, 1.165) is 11.1 Å². The Kier molecular flexibility index (Phi) is 6.82. The maximum absolute atomic E-state index is 12.4. The molecule has 0 saturated heterocycles. The molecule has 1 amide bonds. The number of ketones is 1. The number of anilines is 1. The Morgan fingerprint density at radius 3 is 2.55 bits per heavy atom. The first-order valence-corrected chi connectivity index (χ1v) is 10.4. The van der Waals surface area contributed by atoms with E-state index in [0.29, 0.717) is 34.7 Å². The molecule has 3 rings (SSSR count). The SMILES string of the molecule is Cc1cccc(-c2nnc(SCC(=O)c3ccc(NC(=O)CC(C)C)cc3)o2)c1. The monoisotopic (exact) mass is 409 g/mol. The quantitative estimate of drug-likeness (QED) is 0.416. The van der Waals surface area contributed by atoms with Crippen LogP contribution in [-0.4, -0.2) is 27.6 Å². The summed E-state index contributed by atoms with van der Waals surface area (Å²) in [5, 5.41) is 11.2. The zero-order valence-electron chi connectivity index (χ0n) is 16.6. The Balaban J connectivity index is 1.55. The van der Waals surface area contributed by atoms with Crippen molar-refractivity contribution < 1.29 is 14.0 Å². The van der Waals surface area contributed by atoms with Gasteiger partial charge in [0.15, 0.2) is 5.78 Å². The van der Waals surface area contributed by atoms with Crippen LogP contribution in [0, 0.1) is 12.8 Å². The van der Waals surface area contributed by atoms with E-state index in [-0.39, 0.29) is 17.4 Å². The van der Waals surface area contributed by atoms with E-state index in [1.807, 2.05) is 45.0 Å². The molecule has 2 aromatic carbocycles. The summed E-state index contributed by atoms with van der Waals surface area (Å²) in [5.41, 5.74) is 3.21. The van der Waals surface area contributed by atoms with Crippen molar-refractivity contribution in [1.82, 2.24) is 10.2 Å². The van der Waals surface area contributed by atoms with Gasteiger partial charge >= 0.3 is 0 Å². The standard InChI is InChI=1S/C22H23N3O3S/c1-14(2)11-20(27)23-18-9-7-16(8-10-18)19(26)13-29-22-25-24-21(28-22)17-6-4-5-15(3)12-17/h4-10,12,14H,11,13H2,1-3H3,(H,23,27). The summed E-state index contributed by atoms with van der Waals surface area (Å²) >= 11 is 1.21. The topological polar surface area (TPSA) is 85.1 Å². The third-order valence-electron chi connectivity index (χ3n) is 4.08. The molecule has 1 heterocycles. The normalized spacial score (nSPS) is 10.9. The second-order valence-electron chi connectivity index (χ2n) is 7.18. The summed E-state index contributed by atoms with van der Waals surface area (Å²) in [5.74, 6) is 0.837. The number of hydrogen-bond acceptors (Lipinski definition) is 6. The van der Waals surface area contributed by atoms with Crippen LogP contribution in [0.3, 0.4) is 0 Å². The highest BCUT2D eigenvalue weighted by molar-refractivity contribution is 7.99. The minimum atomic E-state index is -0.0506. The van der Waals surface area contributed by atoms with Gasteiger partial charge in [0.2, 0.25) is 11.8 Å². The third kappa shape index (κ3) is 6.02. The summed E-state index contributed by atoms with van der Waals surface area (Å²) in [6.45, 7) is 5.98. The molecule has 6 nitrogen and oxygen atoms in total. The first-order valence-electron chi connectivity index (χ1n) is 9.37. The third-order valence-corrected chi connectivity index (χ3v) is 4.90. The summed E-state index contributed by atoms with van der Waals surface area (Å²) in [6, 6.07) is 14.7. The Hall–Kier alpha value is -2.93. The fraction of sp³-hybridized carbons (Fsp3) is 0.273. The minimum absolute atomic E-state index is 0.0320. The van der Waals surface area contributed by atoms with Gasteiger partial charge < -0.3 is 9.73 Å². The van der Waals surface area contributed by atoms with E-state index in [9.17, 15) is 9.59 Å². The summed E-state index contributed by atoms with van der Waals surface area (Å²) in [6.07, 6.45) is 0.464. The van der Waals surface area contributed by atoms with Crippen LogP contribution >= 0.6 is 11.8 Å². The van der Waals surface area contributed by atoms with Gasteiger partial charge in [-0.1, -0.05) is 43.3 Å². The average molecular weight is 410 g/mol. The zero-order chi connectivity index (χ0) is 20.8. The van der Waals surface area contributed by atoms with Crippen molar-refractivity contribution in [1.29, 1.82) is 0 Å². The highest BCUT2D eigenvalue weighted by Crippen LogP contribution is 2.24. The molecule has 150 valence electrons. The van der Waals surface area contributed by atoms with Crippen molar-refractivity contribution >= 4 is 29.1 Å². The largest absolute Gasteiger partial charge is 0.411 e. The van der Waals surface area contributed by atoms with Crippen molar-refractivity contribution in [3.05, 3.63) is 59.7 Å². The van der Waals surface area contributed by atoms with Gasteiger partial charge in [-0.3, -0.25) is 9.59 Å². The molecule has 0 unspecified atom stereocenters. The molecular weight excluding hydrogens is 386 g/mol. The maximum Gasteiger partial charge on any atom is 0.277 e.